The SMILES string of the molecule is Cc1nnc(Sc2ccc(Cl)cc2N=[N+]=[N-])n1C. The summed E-state index contributed by atoms with van der Waals surface area (Å²) < 4.78 is 1.86. The van der Waals surface area contributed by atoms with E-state index < -0.39 is 0 Å². The third kappa shape index (κ3) is 2.59. The molecular weight excluding hydrogens is 272 g/mol. The molecule has 18 heavy (non-hydrogen) atoms. The molecule has 0 aliphatic carbocycles. The van der Waals surface area contributed by atoms with Gasteiger partial charge in [0.1, 0.15) is 5.82 Å². The average molecular weight is 281 g/mol. The van der Waals surface area contributed by atoms with E-state index in [2.05, 4.69) is 20.2 Å². The third-order valence-corrected chi connectivity index (χ3v) is 3.67. The topological polar surface area (TPSA) is 79.5 Å². The summed E-state index contributed by atoms with van der Waals surface area (Å²) >= 11 is 7.24. The number of benzene rings is 1. The van der Waals surface area contributed by atoms with Crippen LogP contribution in [0.25, 0.3) is 10.4 Å². The van der Waals surface area contributed by atoms with Crippen molar-refractivity contribution in [2.75, 3.05) is 0 Å². The van der Waals surface area contributed by atoms with Crippen LogP contribution in [0.2, 0.25) is 5.02 Å². The van der Waals surface area contributed by atoms with E-state index in [-0.39, 0.29) is 0 Å². The highest BCUT2D eigenvalue weighted by Gasteiger charge is 2.10. The molecule has 6 nitrogen and oxygen atoms in total. The molecule has 0 spiro atoms. The molecule has 1 aromatic heterocycles. The monoisotopic (exact) mass is 280 g/mol. The maximum atomic E-state index is 8.53. The molecule has 1 heterocycles. The van der Waals surface area contributed by atoms with Crippen LogP contribution < -0.4 is 0 Å². The van der Waals surface area contributed by atoms with Crippen LogP contribution >= 0.6 is 23.4 Å². The highest BCUT2D eigenvalue weighted by atomic mass is 35.5. The van der Waals surface area contributed by atoms with E-state index in [1.165, 1.54) is 11.8 Å². The van der Waals surface area contributed by atoms with E-state index in [4.69, 9.17) is 17.1 Å². The molecule has 0 radical (unpaired) electrons. The molecule has 0 fully saturated rings. The Bertz CT molecular complexity index is 631. The fourth-order valence-electron chi connectivity index (χ4n) is 1.28. The average Bonchev–Trinajstić information content (AvgIpc) is 2.65. The first-order valence-electron chi connectivity index (χ1n) is 5.00. The Morgan fingerprint density at radius 2 is 2.22 bits per heavy atom. The first kappa shape index (κ1) is 12.8. The molecule has 0 aliphatic heterocycles. The Morgan fingerprint density at radius 3 is 2.83 bits per heavy atom. The number of rotatable bonds is 3. The van der Waals surface area contributed by atoms with E-state index in [9.17, 15) is 0 Å². The maximum absolute atomic E-state index is 8.53. The molecule has 0 amide bonds. The summed E-state index contributed by atoms with van der Waals surface area (Å²) in [5.41, 5.74) is 9.01. The molecule has 2 aromatic rings. The number of hydrogen-bond acceptors (Lipinski definition) is 4. The number of aromatic nitrogens is 3. The zero-order valence-corrected chi connectivity index (χ0v) is 11.3. The lowest BCUT2D eigenvalue weighted by Gasteiger charge is -2.05. The van der Waals surface area contributed by atoms with Gasteiger partial charge >= 0.3 is 0 Å². The van der Waals surface area contributed by atoms with Gasteiger partial charge in [-0.05, 0) is 42.4 Å². The van der Waals surface area contributed by atoms with Crippen LogP contribution in [0.4, 0.5) is 5.69 Å². The van der Waals surface area contributed by atoms with Gasteiger partial charge in [0.15, 0.2) is 5.16 Å². The van der Waals surface area contributed by atoms with Crippen molar-refractivity contribution in [1.29, 1.82) is 0 Å². The number of nitrogens with zero attached hydrogens (tertiary/aromatic N) is 6. The zero-order chi connectivity index (χ0) is 13.1. The van der Waals surface area contributed by atoms with E-state index in [1.54, 1.807) is 18.2 Å². The van der Waals surface area contributed by atoms with Crippen molar-refractivity contribution in [2.24, 2.45) is 12.2 Å². The molecule has 0 saturated heterocycles. The quantitative estimate of drug-likeness (QED) is 0.486. The Balaban J connectivity index is 2.40. The lowest BCUT2D eigenvalue weighted by Crippen LogP contribution is -1.93. The summed E-state index contributed by atoms with van der Waals surface area (Å²) in [5.74, 6) is 0.816. The van der Waals surface area contributed by atoms with Gasteiger partial charge in [-0.25, -0.2) is 0 Å². The van der Waals surface area contributed by atoms with Gasteiger partial charge < -0.3 is 4.57 Å². The highest BCUT2D eigenvalue weighted by molar-refractivity contribution is 7.99. The molecule has 0 bridgehead atoms. The van der Waals surface area contributed by atoms with Gasteiger partial charge in [0.2, 0.25) is 0 Å². The largest absolute Gasteiger partial charge is 0.309 e. The van der Waals surface area contributed by atoms with Gasteiger partial charge in [-0.15, -0.1) is 10.2 Å². The summed E-state index contributed by atoms with van der Waals surface area (Å²) in [6.45, 7) is 1.87. The fraction of sp³-hybridized carbons (Fsp3) is 0.200. The Hall–Kier alpha value is -1.69. The van der Waals surface area contributed by atoms with Crippen molar-refractivity contribution in [3.05, 3.63) is 39.5 Å². The predicted molar refractivity (Wildman–Crippen MR) is 70.1 cm³/mol. The van der Waals surface area contributed by atoms with Crippen LogP contribution in [-0.4, -0.2) is 14.8 Å². The van der Waals surface area contributed by atoms with Crippen LogP contribution in [0.1, 0.15) is 5.82 Å². The van der Waals surface area contributed by atoms with E-state index in [0.717, 1.165) is 15.9 Å². The second-order valence-electron chi connectivity index (χ2n) is 3.49. The molecule has 0 aliphatic rings. The van der Waals surface area contributed by atoms with Crippen molar-refractivity contribution in [3.8, 4) is 0 Å². The van der Waals surface area contributed by atoms with Gasteiger partial charge in [-0.2, -0.15) is 0 Å². The van der Waals surface area contributed by atoms with Crippen molar-refractivity contribution < 1.29 is 0 Å². The lowest BCUT2D eigenvalue weighted by atomic mass is 10.3. The molecule has 0 unspecified atom stereocenters. The Morgan fingerprint density at radius 1 is 1.44 bits per heavy atom. The molecule has 8 heteroatoms. The Labute approximate surface area is 113 Å². The summed E-state index contributed by atoms with van der Waals surface area (Å²) in [5, 5.41) is 12.9. The number of halogens is 1. The first-order chi connectivity index (χ1) is 8.61. The molecule has 1 aromatic carbocycles. The van der Waals surface area contributed by atoms with Gasteiger partial charge in [0.05, 0.1) is 5.69 Å². The molecule has 2 rings (SSSR count). The molecule has 0 N–H and O–H groups in total. The third-order valence-electron chi connectivity index (χ3n) is 2.33. The number of azide groups is 1. The van der Waals surface area contributed by atoms with E-state index >= 15 is 0 Å². The maximum Gasteiger partial charge on any atom is 0.195 e. The predicted octanol–water partition coefficient (Wildman–Crippen LogP) is 3.87. The summed E-state index contributed by atoms with van der Waals surface area (Å²) in [6, 6.07) is 5.15. The van der Waals surface area contributed by atoms with Crippen LogP contribution in [-0.2, 0) is 7.05 Å². The van der Waals surface area contributed by atoms with E-state index in [0.29, 0.717) is 10.7 Å². The standard InChI is InChI=1S/C10H9ClN6S/c1-6-13-15-10(17(6)2)18-9-4-3-7(11)5-8(9)14-16-12/h3-5H,1-2H3. The highest BCUT2D eigenvalue weighted by Crippen LogP contribution is 2.35. The summed E-state index contributed by atoms with van der Waals surface area (Å²) in [7, 11) is 1.88. The first-order valence-corrected chi connectivity index (χ1v) is 6.19. The molecular formula is C10H9ClN6S. The van der Waals surface area contributed by atoms with E-state index in [1.807, 2.05) is 18.5 Å². The van der Waals surface area contributed by atoms with Crippen LogP contribution in [0.3, 0.4) is 0 Å². The van der Waals surface area contributed by atoms with Crippen molar-refractivity contribution in [2.45, 2.75) is 17.0 Å². The Kier molecular flexibility index (Phi) is 3.76. The van der Waals surface area contributed by atoms with Crippen molar-refractivity contribution >= 4 is 29.1 Å². The van der Waals surface area contributed by atoms with Crippen LogP contribution in [0.5, 0.6) is 0 Å². The summed E-state index contributed by atoms with van der Waals surface area (Å²) in [6.07, 6.45) is 0. The smallest absolute Gasteiger partial charge is 0.195 e. The van der Waals surface area contributed by atoms with Crippen molar-refractivity contribution in [1.82, 2.24) is 14.8 Å². The second-order valence-corrected chi connectivity index (χ2v) is 4.94. The van der Waals surface area contributed by atoms with Crippen LogP contribution in [0, 0.1) is 6.92 Å². The minimum Gasteiger partial charge on any atom is -0.309 e. The molecule has 0 atom stereocenters. The van der Waals surface area contributed by atoms with Crippen molar-refractivity contribution in [3.63, 3.8) is 0 Å². The minimum atomic E-state index is 0.482. The van der Waals surface area contributed by atoms with Gasteiger partial charge in [-0.1, -0.05) is 16.7 Å². The normalized spacial score (nSPS) is 10.2. The van der Waals surface area contributed by atoms with Gasteiger partial charge in [0, 0.05) is 21.9 Å². The van der Waals surface area contributed by atoms with Gasteiger partial charge in [-0.3, -0.25) is 0 Å². The molecule has 92 valence electrons. The number of aryl methyl sites for hydroxylation is 1. The van der Waals surface area contributed by atoms with Crippen LogP contribution in [0.15, 0.2) is 33.4 Å². The second kappa shape index (κ2) is 5.30. The number of hydrogen-bond donors (Lipinski definition) is 0. The lowest BCUT2D eigenvalue weighted by molar-refractivity contribution is 0.765. The fourth-order valence-corrected chi connectivity index (χ4v) is 2.33. The molecule has 0 saturated carbocycles. The minimum absolute atomic E-state index is 0.482. The zero-order valence-electron chi connectivity index (χ0n) is 9.70. The summed E-state index contributed by atoms with van der Waals surface area (Å²) in [4.78, 5) is 3.57. The van der Waals surface area contributed by atoms with Gasteiger partial charge in [0.25, 0.3) is 0 Å².